The first-order valence-corrected chi connectivity index (χ1v) is 16.6. The summed E-state index contributed by atoms with van der Waals surface area (Å²) in [7, 11) is 0. The third-order valence-corrected chi connectivity index (χ3v) is 13.6. The van der Waals surface area contributed by atoms with Crippen LogP contribution in [0.1, 0.15) is 90.4 Å². The minimum atomic E-state index is -1.98. The second kappa shape index (κ2) is 11.3. The lowest BCUT2D eigenvalue weighted by Crippen LogP contribution is -2.74. The lowest BCUT2D eigenvalue weighted by Gasteiger charge is -2.62. The van der Waals surface area contributed by atoms with Gasteiger partial charge in [0.1, 0.15) is 11.8 Å². The number of aliphatic hydroxyl groups excluding tert-OH is 6. The van der Waals surface area contributed by atoms with Gasteiger partial charge < -0.3 is 41.5 Å². The summed E-state index contributed by atoms with van der Waals surface area (Å²) in [4.78, 5) is 0. The van der Waals surface area contributed by atoms with E-state index in [1.807, 2.05) is 0 Å². The van der Waals surface area contributed by atoms with Gasteiger partial charge in [0.15, 0.2) is 0 Å². The molecule has 0 radical (unpaired) electrons. The number of hydrogen-bond acceptors (Lipinski definition) is 8. The molecule has 6 rings (SSSR count). The van der Waals surface area contributed by atoms with E-state index in [-0.39, 0.29) is 24.2 Å². The van der Waals surface area contributed by atoms with Crippen LogP contribution in [0.5, 0.6) is 0 Å². The molecule has 6 aliphatic rings. The summed E-state index contributed by atoms with van der Waals surface area (Å²) in [6.45, 7) is 2.43. The van der Waals surface area contributed by atoms with Crippen molar-refractivity contribution in [3.63, 3.8) is 0 Å². The van der Waals surface area contributed by atoms with Crippen LogP contribution in [0.25, 0.3) is 0 Å². The van der Waals surface area contributed by atoms with Crippen LogP contribution < -0.4 is 5.73 Å². The summed E-state index contributed by atoms with van der Waals surface area (Å²) in [5, 5.41) is 78.0. The predicted octanol–water partition coefficient (Wildman–Crippen LogP) is 1.75. The van der Waals surface area contributed by atoms with Crippen molar-refractivity contribution in [2.24, 2.45) is 70.8 Å². The number of hydrogen-bond donors (Lipinski definition) is 8. The Bertz CT molecular complexity index is 881. The molecule has 0 saturated heterocycles. The molecular weight excluding hydrogens is 510 g/mol. The average Bonchev–Trinajstić information content (AvgIpc) is 3.30. The Morgan fingerprint density at radius 2 is 1.48 bits per heavy atom. The monoisotopic (exact) mass is 565 g/mol. The van der Waals surface area contributed by atoms with E-state index < -0.39 is 60.1 Å². The summed E-state index contributed by atoms with van der Waals surface area (Å²) in [5.41, 5.74) is 3.66. The number of nitrogens with two attached hydrogens (primary N) is 1. The largest absolute Gasteiger partial charge is 0.393 e. The molecule has 0 aromatic carbocycles. The van der Waals surface area contributed by atoms with Crippen LogP contribution in [0.2, 0.25) is 0 Å². The van der Waals surface area contributed by atoms with Crippen LogP contribution in [-0.2, 0) is 0 Å². The fourth-order valence-electron chi connectivity index (χ4n) is 11.5. The highest BCUT2D eigenvalue weighted by Gasteiger charge is 2.67. The SMILES string of the molecule is CC1CCCC1CC1CCC(C2CCC(O)C3C(O)C4C(O)[C@]5(O)C(O)C(C(N)O)C(O)C[C@@H]5C[C@@H]4CC23)CC1. The molecule has 6 fully saturated rings. The smallest absolute Gasteiger partial charge is 0.120 e. The van der Waals surface area contributed by atoms with Crippen molar-refractivity contribution >= 4 is 0 Å². The van der Waals surface area contributed by atoms with Gasteiger partial charge in [-0.05, 0) is 98.7 Å². The average molecular weight is 566 g/mol. The molecule has 6 aliphatic carbocycles. The van der Waals surface area contributed by atoms with Gasteiger partial charge in [0.25, 0.3) is 0 Å². The second-order valence-corrected chi connectivity index (χ2v) is 15.4. The van der Waals surface area contributed by atoms with Gasteiger partial charge >= 0.3 is 0 Å². The molecule has 40 heavy (non-hydrogen) atoms. The molecule has 9 N–H and O–H groups in total. The molecule has 6 saturated carbocycles. The van der Waals surface area contributed by atoms with Gasteiger partial charge in [0.2, 0.25) is 0 Å². The van der Waals surface area contributed by atoms with Gasteiger partial charge in [-0.25, -0.2) is 0 Å². The van der Waals surface area contributed by atoms with Gasteiger partial charge in [-0.3, -0.25) is 0 Å². The summed E-state index contributed by atoms with van der Waals surface area (Å²) in [5.74, 6) is 0.993. The standard InChI is InChI=1S/C32H55NO7/c1-15-3-2-4-18(15)11-16-5-7-17(8-6-16)21-9-10-23(34)26-22(21)13-19-12-20-14-24(35)27(31(33)39)30(38)32(20,40)29(37)25(19)28(26)36/h15-31,34-40H,2-14,33H2,1H3/t15?,16?,17?,18?,19-,20+,21?,22?,23?,24?,25?,26?,27?,28?,29?,30?,31?,32+/m1/s1. The van der Waals surface area contributed by atoms with E-state index in [0.29, 0.717) is 24.7 Å². The number of aliphatic hydroxyl groups is 7. The number of rotatable bonds is 4. The topological polar surface area (TPSA) is 168 Å². The molecule has 0 aromatic heterocycles. The predicted molar refractivity (Wildman–Crippen MR) is 149 cm³/mol. The van der Waals surface area contributed by atoms with Crippen molar-refractivity contribution < 1.29 is 35.7 Å². The van der Waals surface area contributed by atoms with E-state index in [2.05, 4.69) is 6.92 Å². The van der Waals surface area contributed by atoms with Crippen molar-refractivity contribution in [1.29, 1.82) is 0 Å². The Labute approximate surface area is 239 Å². The van der Waals surface area contributed by atoms with Crippen molar-refractivity contribution in [1.82, 2.24) is 0 Å². The molecular formula is C32H55NO7. The highest BCUT2D eigenvalue weighted by atomic mass is 16.4. The zero-order valence-corrected chi connectivity index (χ0v) is 24.2. The van der Waals surface area contributed by atoms with E-state index in [0.717, 1.165) is 30.6 Å². The van der Waals surface area contributed by atoms with Crippen molar-refractivity contribution in [2.45, 2.75) is 133 Å². The fraction of sp³-hybridized carbons (Fsp3) is 1.00. The fourth-order valence-corrected chi connectivity index (χ4v) is 11.5. The Balaban J connectivity index is 1.17. The van der Waals surface area contributed by atoms with Crippen LogP contribution in [0, 0.1) is 65.1 Å². The van der Waals surface area contributed by atoms with E-state index in [9.17, 15) is 35.7 Å². The first kappa shape index (κ1) is 29.7. The third kappa shape index (κ3) is 4.81. The van der Waals surface area contributed by atoms with Crippen LogP contribution in [0.3, 0.4) is 0 Å². The summed E-state index contributed by atoms with van der Waals surface area (Å²) in [6, 6.07) is 0. The minimum Gasteiger partial charge on any atom is -0.393 e. The van der Waals surface area contributed by atoms with Gasteiger partial charge in [0, 0.05) is 11.8 Å². The zero-order chi connectivity index (χ0) is 28.5. The van der Waals surface area contributed by atoms with Gasteiger partial charge in [-0.2, -0.15) is 0 Å². The molecule has 230 valence electrons. The molecule has 0 heterocycles. The Kier molecular flexibility index (Phi) is 8.41. The van der Waals surface area contributed by atoms with Crippen LogP contribution in [0.4, 0.5) is 0 Å². The molecule has 0 aromatic rings. The second-order valence-electron chi connectivity index (χ2n) is 15.4. The van der Waals surface area contributed by atoms with Crippen LogP contribution in [-0.4, -0.2) is 78.1 Å². The highest BCUT2D eigenvalue weighted by Crippen LogP contribution is 2.59. The summed E-state index contributed by atoms with van der Waals surface area (Å²) in [6.07, 6.45) is 6.31. The van der Waals surface area contributed by atoms with E-state index >= 15 is 0 Å². The van der Waals surface area contributed by atoms with Gasteiger partial charge in [-0.15, -0.1) is 0 Å². The molecule has 8 heteroatoms. The van der Waals surface area contributed by atoms with Crippen LogP contribution in [0.15, 0.2) is 0 Å². The van der Waals surface area contributed by atoms with Gasteiger partial charge in [0.05, 0.1) is 36.4 Å². The Hall–Kier alpha value is -0.320. The van der Waals surface area contributed by atoms with Crippen molar-refractivity contribution in [2.75, 3.05) is 0 Å². The summed E-state index contributed by atoms with van der Waals surface area (Å²) < 4.78 is 0. The number of fused-ring (bicyclic) bond motifs is 3. The molecule has 0 amide bonds. The first-order valence-electron chi connectivity index (χ1n) is 16.6. The Morgan fingerprint density at radius 1 is 0.750 bits per heavy atom. The van der Waals surface area contributed by atoms with Crippen LogP contribution >= 0.6 is 0 Å². The molecule has 0 aliphatic heterocycles. The lowest BCUT2D eigenvalue weighted by molar-refractivity contribution is -0.296. The van der Waals surface area contributed by atoms with E-state index in [1.165, 1.54) is 51.4 Å². The zero-order valence-electron chi connectivity index (χ0n) is 24.2. The highest BCUT2D eigenvalue weighted by molar-refractivity contribution is 5.16. The van der Waals surface area contributed by atoms with Crippen molar-refractivity contribution in [3.05, 3.63) is 0 Å². The van der Waals surface area contributed by atoms with E-state index in [1.54, 1.807) is 0 Å². The van der Waals surface area contributed by atoms with Crippen molar-refractivity contribution in [3.8, 4) is 0 Å². The lowest BCUT2D eigenvalue weighted by atomic mass is 9.47. The molecule has 13 unspecified atom stereocenters. The normalized spacial score (nSPS) is 57.5. The quantitative estimate of drug-likeness (QED) is 0.239. The molecule has 0 spiro atoms. The molecule has 8 nitrogen and oxygen atoms in total. The minimum absolute atomic E-state index is 0.0664. The maximum atomic E-state index is 11.8. The summed E-state index contributed by atoms with van der Waals surface area (Å²) >= 11 is 0. The molecule has 0 bridgehead atoms. The molecule has 16 atom stereocenters. The maximum Gasteiger partial charge on any atom is 0.120 e. The van der Waals surface area contributed by atoms with Gasteiger partial charge in [-0.1, -0.05) is 39.0 Å². The Morgan fingerprint density at radius 3 is 2.12 bits per heavy atom. The maximum absolute atomic E-state index is 11.8. The first-order chi connectivity index (χ1) is 19.0. The third-order valence-electron chi connectivity index (χ3n) is 13.6. The van der Waals surface area contributed by atoms with E-state index in [4.69, 9.17) is 5.73 Å².